The average molecular weight is 625 g/mol. The summed E-state index contributed by atoms with van der Waals surface area (Å²) < 4.78 is 6.01. The number of carboxylic acid groups (broad SMARTS) is 1. The molecule has 0 radical (unpaired) electrons. The fourth-order valence-electron chi connectivity index (χ4n) is 12.3. The first-order valence-electron chi connectivity index (χ1n) is 17.0. The van der Waals surface area contributed by atoms with E-state index in [1.165, 1.54) is 23.8 Å². The molecular weight excluding hydrogens is 572 g/mol. The zero-order valence-electron chi connectivity index (χ0n) is 27.7. The number of fused-ring (bicyclic) bond motifs is 7. The number of benzene rings is 1. The molecule has 0 unspecified atom stereocenters. The van der Waals surface area contributed by atoms with Gasteiger partial charge in [0.2, 0.25) is 0 Å². The number of aliphatic hydroxyl groups is 2. The largest absolute Gasteiger partial charge is 0.504 e. The van der Waals surface area contributed by atoms with Crippen molar-refractivity contribution in [3.05, 3.63) is 35.4 Å². The standard InChI is InChI=1S/C37H52O8/c1-20(2)22-11-14-36(32(43)44)15-16-37(19-38)23(29(22)36)8-10-28-34(5)18-26(41)30(33(3,4)27(34)12-13-35(28,37)6)45-31(42)21-7-9-24(39)25(40)17-21/h7-9,17,20,22,26-30,38-41H,10-16,18-19H2,1-6H3,(H,43,44)/t22-,26+,27-,28+,29+,30-,34-,35+,36-,37-/m0/s1. The lowest BCUT2D eigenvalue weighted by Gasteiger charge is -2.71. The first kappa shape index (κ1) is 32.4. The maximum atomic E-state index is 13.2. The minimum Gasteiger partial charge on any atom is -0.504 e. The number of aromatic hydroxyl groups is 2. The van der Waals surface area contributed by atoms with Crippen LogP contribution in [0.3, 0.4) is 0 Å². The van der Waals surface area contributed by atoms with Crippen molar-refractivity contribution in [2.75, 3.05) is 6.61 Å². The van der Waals surface area contributed by atoms with E-state index in [1.54, 1.807) is 0 Å². The van der Waals surface area contributed by atoms with Crippen molar-refractivity contribution < 1.29 is 39.9 Å². The Morgan fingerprint density at radius 2 is 1.69 bits per heavy atom. The van der Waals surface area contributed by atoms with Crippen LogP contribution in [-0.2, 0) is 9.53 Å². The molecule has 45 heavy (non-hydrogen) atoms. The summed E-state index contributed by atoms with van der Waals surface area (Å²) in [5.74, 6) is -1.25. The number of phenols is 2. The lowest BCUT2D eigenvalue weighted by atomic mass is 9.34. The number of carboxylic acids is 1. The molecule has 10 atom stereocenters. The van der Waals surface area contributed by atoms with Gasteiger partial charge in [0.15, 0.2) is 11.5 Å². The number of aliphatic hydroxyl groups excluding tert-OH is 2. The molecular formula is C37H52O8. The Hall–Kier alpha value is -2.58. The molecule has 0 heterocycles. The summed E-state index contributed by atoms with van der Waals surface area (Å²) in [6.45, 7) is 13.2. The first-order chi connectivity index (χ1) is 21.0. The van der Waals surface area contributed by atoms with Crippen molar-refractivity contribution in [3.63, 3.8) is 0 Å². The Morgan fingerprint density at radius 3 is 2.31 bits per heavy atom. The number of rotatable bonds is 5. The Balaban J connectivity index is 1.36. The summed E-state index contributed by atoms with van der Waals surface area (Å²) in [6, 6.07) is 3.82. The number of hydrogen-bond acceptors (Lipinski definition) is 7. The lowest BCUT2D eigenvalue weighted by Crippen LogP contribution is -2.68. The van der Waals surface area contributed by atoms with Gasteiger partial charge in [-0.3, -0.25) is 4.79 Å². The van der Waals surface area contributed by atoms with E-state index in [2.05, 4.69) is 47.6 Å². The van der Waals surface area contributed by atoms with Gasteiger partial charge in [-0.15, -0.1) is 0 Å². The van der Waals surface area contributed by atoms with Crippen LogP contribution in [0.25, 0.3) is 0 Å². The van der Waals surface area contributed by atoms with Crippen LogP contribution in [0.5, 0.6) is 11.5 Å². The van der Waals surface area contributed by atoms with Crippen LogP contribution >= 0.6 is 0 Å². The van der Waals surface area contributed by atoms with E-state index >= 15 is 0 Å². The number of phenolic OH excluding ortho intramolecular Hbond substituents is 2. The minimum atomic E-state index is -0.917. The van der Waals surface area contributed by atoms with Gasteiger partial charge in [-0.25, -0.2) is 4.79 Å². The lowest BCUT2D eigenvalue weighted by molar-refractivity contribution is -0.236. The van der Waals surface area contributed by atoms with Crippen molar-refractivity contribution in [3.8, 4) is 11.5 Å². The predicted octanol–water partition coefficient (Wildman–Crippen LogP) is 6.31. The molecule has 5 aliphatic carbocycles. The van der Waals surface area contributed by atoms with Crippen LogP contribution in [0.2, 0.25) is 0 Å². The van der Waals surface area contributed by atoms with Gasteiger partial charge in [0.1, 0.15) is 6.10 Å². The van der Waals surface area contributed by atoms with E-state index in [9.17, 15) is 35.1 Å². The Morgan fingerprint density at radius 1 is 0.978 bits per heavy atom. The van der Waals surface area contributed by atoms with E-state index < -0.39 is 46.1 Å². The van der Waals surface area contributed by atoms with E-state index in [-0.39, 0.29) is 52.4 Å². The van der Waals surface area contributed by atoms with Gasteiger partial charge >= 0.3 is 11.9 Å². The number of allylic oxidation sites excluding steroid dienone is 1. The maximum Gasteiger partial charge on any atom is 0.338 e. The third-order valence-corrected chi connectivity index (χ3v) is 14.4. The highest BCUT2D eigenvalue weighted by Gasteiger charge is 2.72. The minimum absolute atomic E-state index is 0.00471. The summed E-state index contributed by atoms with van der Waals surface area (Å²) >= 11 is 0. The summed E-state index contributed by atoms with van der Waals surface area (Å²) in [7, 11) is 0. The SMILES string of the molecule is CC(C)[C@@H]1CC[C@]2(C(=O)O)CC[C@]3(CO)C(=CC[C@@H]4[C@@]5(C)C[C@@H](O)[C@H](OC(=O)c6ccc(O)c(O)c6)C(C)(C)[C@@H]5CC[C@]43C)[C@@H]12. The second-order valence-corrected chi connectivity index (χ2v) is 16.7. The molecule has 0 amide bonds. The third kappa shape index (κ3) is 4.23. The summed E-state index contributed by atoms with van der Waals surface area (Å²) in [5.41, 5.74) is -1.15. The molecule has 0 bridgehead atoms. The molecule has 6 rings (SSSR count). The first-order valence-corrected chi connectivity index (χ1v) is 17.0. The molecule has 1 aromatic rings. The number of hydrogen-bond donors (Lipinski definition) is 5. The fraction of sp³-hybridized carbons (Fsp3) is 0.730. The maximum absolute atomic E-state index is 13.2. The monoisotopic (exact) mass is 624 g/mol. The molecule has 4 saturated carbocycles. The van der Waals surface area contributed by atoms with E-state index in [0.717, 1.165) is 25.7 Å². The highest BCUT2D eigenvalue weighted by Crippen LogP contribution is 2.76. The predicted molar refractivity (Wildman–Crippen MR) is 168 cm³/mol. The second kappa shape index (κ2) is 10.5. The van der Waals surface area contributed by atoms with Crippen molar-refractivity contribution in [1.29, 1.82) is 0 Å². The van der Waals surface area contributed by atoms with E-state index in [0.29, 0.717) is 31.6 Å². The average Bonchev–Trinajstić information content (AvgIpc) is 3.38. The van der Waals surface area contributed by atoms with Gasteiger partial charge in [0.05, 0.1) is 23.7 Å². The summed E-state index contributed by atoms with van der Waals surface area (Å²) in [5, 5.41) is 53.4. The number of carbonyl (C=O) groups excluding carboxylic acids is 1. The quantitative estimate of drug-likeness (QED) is 0.146. The molecule has 8 heteroatoms. The van der Waals surface area contributed by atoms with E-state index in [4.69, 9.17) is 4.74 Å². The van der Waals surface area contributed by atoms with Crippen LogP contribution in [-0.4, -0.2) is 56.3 Å². The normalized spacial score (nSPS) is 43.4. The molecule has 1 aromatic carbocycles. The summed E-state index contributed by atoms with van der Waals surface area (Å²) in [6.07, 6.45) is 6.39. The number of esters is 1. The van der Waals surface area contributed by atoms with Gasteiger partial charge in [0, 0.05) is 10.8 Å². The zero-order chi connectivity index (χ0) is 32.9. The van der Waals surface area contributed by atoms with Crippen LogP contribution in [0.15, 0.2) is 29.8 Å². The third-order valence-electron chi connectivity index (χ3n) is 14.4. The molecule has 4 fully saturated rings. The van der Waals surface area contributed by atoms with Gasteiger partial charge in [-0.05, 0) is 110 Å². The Kier molecular flexibility index (Phi) is 7.53. The fourth-order valence-corrected chi connectivity index (χ4v) is 12.3. The van der Waals surface area contributed by atoms with Gasteiger partial charge in [-0.1, -0.05) is 53.2 Å². The Bertz CT molecular complexity index is 1410. The highest BCUT2D eigenvalue weighted by molar-refractivity contribution is 5.90. The van der Waals surface area contributed by atoms with Crippen LogP contribution < -0.4 is 0 Å². The van der Waals surface area contributed by atoms with E-state index in [1.807, 2.05) is 0 Å². The van der Waals surface area contributed by atoms with Crippen molar-refractivity contribution >= 4 is 11.9 Å². The molecule has 0 saturated heterocycles. The zero-order valence-corrected chi connectivity index (χ0v) is 27.7. The van der Waals surface area contributed by atoms with Crippen LogP contribution in [0.1, 0.15) is 103 Å². The van der Waals surface area contributed by atoms with Crippen molar-refractivity contribution in [2.24, 2.45) is 56.7 Å². The number of carbonyl (C=O) groups is 2. The molecule has 0 aliphatic heterocycles. The topological polar surface area (TPSA) is 145 Å². The highest BCUT2D eigenvalue weighted by atomic mass is 16.6. The summed E-state index contributed by atoms with van der Waals surface area (Å²) in [4.78, 5) is 26.2. The van der Waals surface area contributed by atoms with Gasteiger partial charge in [0.25, 0.3) is 0 Å². The molecule has 0 spiro atoms. The number of ether oxygens (including phenoxy) is 1. The van der Waals surface area contributed by atoms with Crippen LogP contribution in [0.4, 0.5) is 0 Å². The second-order valence-electron chi connectivity index (χ2n) is 16.7. The number of aliphatic carboxylic acids is 1. The molecule has 8 nitrogen and oxygen atoms in total. The van der Waals surface area contributed by atoms with Crippen molar-refractivity contribution in [1.82, 2.24) is 0 Å². The molecule has 248 valence electrons. The van der Waals surface area contributed by atoms with Gasteiger partial charge < -0.3 is 30.3 Å². The smallest absolute Gasteiger partial charge is 0.338 e. The Labute approximate surface area is 266 Å². The molecule has 5 N–H and O–H groups in total. The van der Waals surface area contributed by atoms with Gasteiger partial charge in [-0.2, -0.15) is 0 Å². The molecule has 0 aromatic heterocycles. The van der Waals surface area contributed by atoms with Crippen LogP contribution in [0, 0.1) is 56.7 Å². The molecule has 5 aliphatic rings. The van der Waals surface area contributed by atoms with Crippen molar-refractivity contribution in [2.45, 2.75) is 105 Å².